The van der Waals surface area contributed by atoms with Crippen LogP contribution in [-0.4, -0.2) is 34.0 Å². The molecule has 0 heterocycles. The molecule has 1 aromatic carbocycles. The van der Waals surface area contributed by atoms with Crippen molar-refractivity contribution in [2.24, 2.45) is 5.73 Å². The molecule has 21 heavy (non-hydrogen) atoms. The van der Waals surface area contributed by atoms with Crippen molar-refractivity contribution in [3.63, 3.8) is 0 Å². The molecule has 114 valence electrons. The molecule has 0 spiro atoms. The van der Waals surface area contributed by atoms with Gasteiger partial charge in [-0.05, 0) is 25.1 Å². The number of rotatable bonds is 5. The first-order chi connectivity index (χ1) is 9.90. The number of carbonyl (C=O) groups is 1. The number of sulfonamides is 1. The van der Waals surface area contributed by atoms with E-state index in [4.69, 9.17) is 5.73 Å². The molecule has 1 amide bonds. The standard InChI is InChI=1S/C13H16FN3O3S/c1-2-16-13(18)9-17-21(19,20)12-6-5-11(14)8-10(12)4-3-7-15/h5-6,8,17H,2,7,9,15H2,1H3,(H,16,18). The average molecular weight is 313 g/mol. The highest BCUT2D eigenvalue weighted by Gasteiger charge is 2.19. The predicted molar refractivity (Wildman–Crippen MR) is 76.2 cm³/mol. The second-order valence-corrected chi connectivity index (χ2v) is 5.66. The van der Waals surface area contributed by atoms with Crippen molar-refractivity contribution in [2.45, 2.75) is 11.8 Å². The van der Waals surface area contributed by atoms with Crippen LogP contribution in [0.5, 0.6) is 0 Å². The van der Waals surface area contributed by atoms with E-state index in [2.05, 4.69) is 21.9 Å². The van der Waals surface area contributed by atoms with E-state index < -0.39 is 28.3 Å². The monoisotopic (exact) mass is 313 g/mol. The Morgan fingerprint density at radius 2 is 2.14 bits per heavy atom. The SMILES string of the molecule is CCNC(=O)CNS(=O)(=O)c1ccc(F)cc1C#CCN. The first-order valence-corrected chi connectivity index (χ1v) is 7.64. The molecule has 0 radical (unpaired) electrons. The Labute approximate surface area is 123 Å². The molecule has 0 bridgehead atoms. The minimum absolute atomic E-state index is 0.0103. The van der Waals surface area contributed by atoms with Crippen molar-refractivity contribution in [2.75, 3.05) is 19.6 Å². The summed E-state index contributed by atoms with van der Waals surface area (Å²) >= 11 is 0. The summed E-state index contributed by atoms with van der Waals surface area (Å²) in [5, 5.41) is 2.46. The van der Waals surface area contributed by atoms with Gasteiger partial charge >= 0.3 is 0 Å². The third kappa shape index (κ3) is 5.15. The van der Waals surface area contributed by atoms with E-state index in [0.29, 0.717) is 6.54 Å². The molecule has 1 aromatic rings. The molecule has 0 aliphatic heterocycles. The molecule has 4 N–H and O–H groups in total. The van der Waals surface area contributed by atoms with Gasteiger partial charge in [-0.3, -0.25) is 4.79 Å². The molecular formula is C13H16FN3O3S. The van der Waals surface area contributed by atoms with Gasteiger partial charge in [0.25, 0.3) is 0 Å². The van der Waals surface area contributed by atoms with Crippen molar-refractivity contribution >= 4 is 15.9 Å². The highest BCUT2D eigenvalue weighted by Crippen LogP contribution is 2.16. The van der Waals surface area contributed by atoms with Crippen LogP contribution in [0.2, 0.25) is 0 Å². The smallest absolute Gasteiger partial charge is 0.242 e. The van der Waals surface area contributed by atoms with E-state index in [1.807, 2.05) is 0 Å². The largest absolute Gasteiger partial charge is 0.355 e. The normalized spacial score (nSPS) is 10.6. The minimum atomic E-state index is -3.97. The number of carbonyl (C=O) groups excluding carboxylic acids is 1. The van der Waals surface area contributed by atoms with Crippen molar-refractivity contribution in [3.8, 4) is 11.8 Å². The summed E-state index contributed by atoms with van der Waals surface area (Å²) in [4.78, 5) is 11.1. The van der Waals surface area contributed by atoms with Crippen LogP contribution in [0.15, 0.2) is 23.1 Å². The zero-order valence-electron chi connectivity index (χ0n) is 11.4. The van der Waals surface area contributed by atoms with Gasteiger partial charge < -0.3 is 11.1 Å². The van der Waals surface area contributed by atoms with Gasteiger partial charge in [0, 0.05) is 12.1 Å². The third-order valence-electron chi connectivity index (χ3n) is 2.35. The molecule has 0 atom stereocenters. The highest BCUT2D eigenvalue weighted by atomic mass is 32.2. The first-order valence-electron chi connectivity index (χ1n) is 6.15. The zero-order chi connectivity index (χ0) is 15.9. The second kappa shape index (κ2) is 7.73. The van der Waals surface area contributed by atoms with Gasteiger partial charge in [-0.25, -0.2) is 17.5 Å². The van der Waals surface area contributed by atoms with Gasteiger partial charge in [-0.2, -0.15) is 0 Å². The summed E-state index contributed by atoms with van der Waals surface area (Å²) in [6.45, 7) is 1.72. The Morgan fingerprint density at radius 1 is 1.43 bits per heavy atom. The van der Waals surface area contributed by atoms with Crippen molar-refractivity contribution in [1.82, 2.24) is 10.0 Å². The van der Waals surface area contributed by atoms with E-state index >= 15 is 0 Å². The lowest BCUT2D eigenvalue weighted by atomic mass is 10.2. The minimum Gasteiger partial charge on any atom is -0.355 e. The van der Waals surface area contributed by atoms with Crippen LogP contribution in [-0.2, 0) is 14.8 Å². The van der Waals surface area contributed by atoms with Crippen molar-refractivity contribution in [3.05, 3.63) is 29.6 Å². The summed E-state index contributed by atoms with van der Waals surface area (Å²) in [5.74, 6) is 3.89. The van der Waals surface area contributed by atoms with Crippen LogP contribution >= 0.6 is 0 Å². The fraction of sp³-hybridized carbons (Fsp3) is 0.308. The third-order valence-corrected chi connectivity index (χ3v) is 3.81. The van der Waals surface area contributed by atoms with Crippen molar-refractivity contribution in [1.29, 1.82) is 0 Å². The van der Waals surface area contributed by atoms with Gasteiger partial charge in [-0.1, -0.05) is 11.8 Å². The van der Waals surface area contributed by atoms with Crippen LogP contribution in [0.25, 0.3) is 0 Å². The molecule has 0 aliphatic carbocycles. The second-order valence-electron chi connectivity index (χ2n) is 3.92. The molecule has 0 unspecified atom stereocenters. The number of nitrogens with one attached hydrogen (secondary N) is 2. The molecule has 0 saturated heterocycles. The molecule has 8 heteroatoms. The van der Waals surface area contributed by atoms with Gasteiger partial charge in [-0.15, -0.1) is 0 Å². The predicted octanol–water partition coefficient (Wildman–Crippen LogP) is -0.450. The molecule has 0 aromatic heterocycles. The van der Waals surface area contributed by atoms with E-state index in [-0.39, 0.29) is 17.0 Å². The van der Waals surface area contributed by atoms with E-state index in [1.54, 1.807) is 6.92 Å². The number of amides is 1. The number of likely N-dealkylation sites (N-methyl/N-ethyl adjacent to an activating group) is 1. The van der Waals surface area contributed by atoms with Gasteiger partial charge in [0.1, 0.15) is 5.82 Å². The Bertz CT molecular complexity index is 678. The number of hydrogen-bond donors (Lipinski definition) is 3. The number of benzene rings is 1. The summed E-state index contributed by atoms with van der Waals surface area (Å²) < 4.78 is 39.6. The lowest BCUT2D eigenvalue weighted by Gasteiger charge is -2.08. The molecule has 0 fully saturated rings. The molecule has 0 aliphatic rings. The molecule has 6 nitrogen and oxygen atoms in total. The summed E-state index contributed by atoms with van der Waals surface area (Å²) in [7, 11) is -3.97. The Hall–Kier alpha value is -1.95. The van der Waals surface area contributed by atoms with Crippen LogP contribution in [0.3, 0.4) is 0 Å². The van der Waals surface area contributed by atoms with E-state index in [9.17, 15) is 17.6 Å². The van der Waals surface area contributed by atoms with Gasteiger partial charge in [0.15, 0.2) is 0 Å². The Morgan fingerprint density at radius 3 is 2.76 bits per heavy atom. The van der Waals surface area contributed by atoms with Crippen molar-refractivity contribution < 1.29 is 17.6 Å². The summed E-state index contributed by atoms with van der Waals surface area (Å²) in [5.41, 5.74) is 5.21. The van der Waals surface area contributed by atoms with Crippen LogP contribution in [0.4, 0.5) is 4.39 Å². The maximum atomic E-state index is 13.2. The Balaban J connectivity index is 3.05. The van der Waals surface area contributed by atoms with Gasteiger partial charge in [0.05, 0.1) is 18.0 Å². The van der Waals surface area contributed by atoms with Gasteiger partial charge in [0.2, 0.25) is 15.9 Å². The molecule has 1 rings (SSSR count). The van der Waals surface area contributed by atoms with E-state index in [1.165, 1.54) is 0 Å². The molecular weight excluding hydrogens is 297 g/mol. The zero-order valence-corrected chi connectivity index (χ0v) is 12.3. The number of nitrogens with two attached hydrogens (primary N) is 1. The summed E-state index contributed by atoms with van der Waals surface area (Å²) in [6.07, 6.45) is 0. The lowest BCUT2D eigenvalue weighted by Crippen LogP contribution is -2.37. The fourth-order valence-electron chi connectivity index (χ4n) is 1.48. The average Bonchev–Trinajstić information content (AvgIpc) is 2.43. The van der Waals surface area contributed by atoms with Crippen LogP contribution in [0, 0.1) is 17.7 Å². The molecule has 0 saturated carbocycles. The van der Waals surface area contributed by atoms with Crippen LogP contribution in [0.1, 0.15) is 12.5 Å². The summed E-state index contributed by atoms with van der Waals surface area (Å²) in [6, 6.07) is 3.10. The maximum absolute atomic E-state index is 13.2. The lowest BCUT2D eigenvalue weighted by molar-refractivity contribution is -0.119. The quantitative estimate of drug-likeness (QED) is 0.641. The Kier molecular flexibility index (Phi) is 6.30. The topological polar surface area (TPSA) is 101 Å². The highest BCUT2D eigenvalue weighted by molar-refractivity contribution is 7.89. The first kappa shape index (κ1) is 17.1. The maximum Gasteiger partial charge on any atom is 0.242 e. The number of hydrogen-bond acceptors (Lipinski definition) is 4. The number of halogens is 1. The fourth-order valence-corrected chi connectivity index (χ4v) is 2.60. The van der Waals surface area contributed by atoms with E-state index in [0.717, 1.165) is 18.2 Å². The van der Waals surface area contributed by atoms with Crippen LogP contribution < -0.4 is 15.8 Å².